The average molecular weight is 476 g/mol. The minimum absolute atomic E-state index is 0.153. The molecule has 0 atom stereocenters. The summed E-state index contributed by atoms with van der Waals surface area (Å²) in [6.07, 6.45) is 6.23. The van der Waals surface area contributed by atoms with E-state index in [1.165, 1.54) is 18.5 Å². The molecule has 2 aromatic rings. The van der Waals surface area contributed by atoms with E-state index in [1.807, 2.05) is 6.92 Å². The van der Waals surface area contributed by atoms with Crippen molar-refractivity contribution in [3.8, 4) is 5.88 Å². The van der Waals surface area contributed by atoms with E-state index in [4.69, 9.17) is 14.9 Å². The maximum absolute atomic E-state index is 12.1. The Kier molecular flexibility index (Phi) is 8.21. The number of carbonyl (C=O) groups is 1. The summed E-state index contributed by atoms with van der Waals surface area (Å²) in [6, 6.07) is 6.26. The van der Waals surface area contributed by atoms with Gasteiger partial charge in [-0.1, -0.05) is 13.3 Å². The average Bonchev–Trinajstić information content (AvgIpc) is 2.80. The number of sulfone groups is 1. The summed E-state index contributed by atoms with van der Waals surface area (Å²) >= 11 is 0. The van der Waals surface area contributed by atoms with E-state index < -0.39 is 9.84 Å². The molecule has 178 valence electrons. The topological polar surface area (TPSA) is 135 Å². The first-order valence-corrected chi connectivity index (χ1v) is 12.7. The first-order chi connectivity index (χ1) is 15.8. The minimum atomic E-state index is -3.29. The zero-order valence-electron chi connectivity index (χ0n) is 18.8. The van der Waals surface area contributed by atoms with Crippen molar-refractivity contribution in [2.24, 2.45) is 0 Å². The lowest BCUT2D eigenvalue weighted by Crippen LogP contribution is -2.42. The van der Waals surface area contributed by atoms with Crippen LogP contribution in [0.5, 0.6) is 5.88 Å². The third-order valence-corrected chi connectivity index (χ3v) is 6.37. The van der Waals surface area contributed by atoms with Crippen molar-refractivity contribution in [3.63, 3.8) is 0 Å². The lowest BCUT2D eigenvalue weighted by Gasteiger charge is -2.31. The van der Waals surface area contributed by atoms with Crippen LogP contribution in [-0.2, 0) is 14.6 Å². The van der Waals surface area contributed by atoms with Crippen LogP contribution in [0.15, 0.2) is 35.5 Å². The van der Waals surface area contributed by atoms with Gasteiger partial charge in [-0.15, -0.1) is 0 Å². The molecule has 10 nitrogen and oxygen atoms in total. The molecule has 3 rings (SSSR count). The van der Waals surface area contributed by atoms with Crippen molar-refractivity contribution in [1.29, 1.82) is 5.41 Å². The number of nitrogens with one attached hydrogen (secondary N) is 2. The predicted octanol–water partition coefficient (Wildman–Crippen LogP) is 3.40. The summed E-state index contributed by atoms with van der Waals surface area (Å²) in [7, 11) is -3.29. The van der Waals surface area contributed by atoms with Gasteiger partial charge in [-0.25, -0.2) is 23.2 Å². The molecule has 1 amide bonds. The molecule has 2 N–H and O–H groups in total. The molecule has 33 heavy (non-hydrogen) atoms. The summed E-state index contributed by atoms with van der Waals surface area (Å²) in [6.45, 7) is 3.53. The SMILES string of the molecule is CCCCOC(=O)N1CCC(Oc2ncnc(Nc3ccc(S(C)(=O)=O)cc3)c2C=N)CC1. The summed E-state index contributed by atoms with van der Waals surface area (Å²) in [5.74, 6) is 0.651. The van der Waals surface area contributed by atoms with Crippen molar-refractivity contribution in [1.82, 2.24) is 14.9 Å². The van der Waals surface area contributed by atoms with Crippen molar-refractivity contribution in [2.75, 3.05) is 31.3 Å². The largest absolute Gasteiger partial charge is 0.474 e. The lowest BCUT2D eigenvalue weighted by molar-refractivity contribution is 0.0655. The molecule has 0 saturated carbocycles. The molecule has 1 fully saturated rings. The Hall–Kier alpha value is -3.21. The molecule has 0 spiro atoms. The first-order valence-electron chi connectivity index (χ1n) is 10.8. The van der Waals surface area contributed by atoms with Crippen LogP contribution in [0.1, 0.15) is 38.2 Å². The first kappa shape index (κ1) is 24.4. The van der Waals surface area contributed by atoms with Crippen LogP contribution in [0.4, 0.5) is 16.3 Å². The number of amides is 1. The highest BCUT2D eigenvalue weighted by Gasteiger charge is 2.26. The molecule has 0 bridgehead atoms. The number of ether oxygens (including phenoxy) is 2. The number of likely N-dealkylation sites (tertiary alicyclic amines) is 1. The predicted molar refractivity (Wildman–Crippen MR) is 124 cm³/mol. The highest BCUT2D eigenvalue weighted by atomic mass is 32.2. The second kappa shape index (κ2) is 11.1. The number of nitrogens with zero attached hydrogens (tertiary/aromatic N) is 3. The number of unbranched alkanes of at least 4 members (excludes halogenated alkanes) is 1. The molecular formula is C22H29N5O5S. The van der Waals surface area contributed by atoms with E-state index in [2.05, 4.69) is 15.3 Å². The fourth-order valence-corrected chi connectivity index (χ4v) is 3.96. The van der Waals surface area contributed by atoms with Gasteiger partial charge in [-0.2, -0.15) is 0 Å². The van der Waals surface area contributed by atoms with Crippen LogP contribution in [0.25, 0.3) is 0 Å². The van der Waals surface area contributed by atoms with Gasteiger partial charge in [-0.05, 0) is 30.7 Å². The molecule has 1 saturated heterocycles. The maximum Gasteiger partial charge on any atom is 0.409 e. The van der Waals surface area contributed by atoms with Gasteiger partial charge in [0.25, 0.3) is 0 Å². The smallest absolute Gasteiger partial charge is 0.409 e. The number of hydrogen-bond acceptors (Lipinski definition) is 9. The van der Waals surface area contributed by atoms with Gasteiger partial charge in [0.1, 0.15) is 18.2 Å². The number of hydrogen-bond donors (Lipinski definition) is 2. The van der Waals surface area contributed by atoms with Crippen molar-refractivity contribution < 1.29 is 22.7 Å². The van der Waals surface area contributed by atoms with Gasteiger partial charge >= 0.3 is 6.09 Å². The van der Waals surface area contributed by atoms with Crippen LogP contribution in [0.3, 0.4) is 0 Å². The van der Waals surface area contributed by atoms with Crippen molar-refractivity contribution >= 4 is 33.7 Å². The molecule has 2 heterocycles. The van der Waals surface area contributed by atoms with Gasteiger partial charge in [-0.3, -0.25) is 0 Å². The third kappa shape index (κ3) is 6.64. The van der Waals surface area contributed by atoms with Crippen LogP contribution in [-0.4, -0.2) is 67.6 Å². The zero-order valence-corrected chi connectivity index (χ0v) is 19.6. The second-order valence-electron chi connectivity index (χ2n) is 7.78. The fraction of sp³-hybridized carbons (Fsp3) is 0.455. The summed E-state index contributed by atoms with van der Waals surface area (Å²) in [5.41, 5.74) is 0.996. The molecule has 11 heteroatoms. The van der Waals surface area contributed by atoms with Gasteiger partial charge < -0.3 is 25.1 Å². The second-order valence-corrected chi connectivity index (χ2v) is 9.79. The molecule has 1 aromatic carbocycles. The van der Waals surface area contributed by atoms with Gasteiger partial charge in [0.15, 0.2) is 9.84 Å². The fourth-order valence-electron chi connectivity index (χ4n) is 3.33. The molecule has 1 aromatic heterocycles. The molecule has 1 aliphatic rings. The Bertz CT molecular complexity index is 1070. The van der Waals surface area contributed by atoms with Gasteiger partial charge in [0.05, 0.1) is 17.1 Å². The van der Waals surface area contributed by atoms with Crippen LogP contribution < -0.4 is 10.1 Å². The molecule has 0 radical (unpaired) electrons. The van der Waals surface area contributed by atoms with Crippen LogP contribution >= 0.6 is 0 Å². The Labute approximate surface area is 193 Å². The van der Waals surface area contributed by atoms with E-state index in [-0.39, 0.29) is 23.0 Å². The number of piperidine rings is 1. The molecule has 1 aliphatic heterocycles. The summed E-state index contributed by atoms with van der Waals surface area (Å²) in [5, 5.41) is 10.9. The number of benzene rings is 1. The van der Waals surface area contributed by atoms with E-state index in [9.17, 15) is 13.2 Å². The Morgan fingerprint density at radius 2 is 1.94 bits per heavy atom. The monoisotopic (exact) mass is 475 g/mol. The Morgan fingerprint density at radius 1 is 1.24 bits per heavy atom. The quantitative estimate of drug-likeness (QED) is 0.416. The summed E-state index contributed by atoms with van der Waals surface area (Å²) < 4.78 is 34.6. The van der Waals surface area contributed by atoms with Crippen molar-refractivity contribution in [2.45, 2.75) is 43.6 Å². The van der Waals surface area contributed by atoms with Crippen LogP contribution in [0.2, 0.25) is 0 Å². The number of aromatic nitrogens is 2. The standard InChI is InChI=1S/C22H29N5O5S/c1-3-4-13-31-22(28)27-11-9-17(10-12-27)32-21-19(14-23)20(24-15-25-21)26-16-5-7-18(8-6-16)33(2,29)30/h5-8,14-15,17,23H,3-4,9-13H2,1-2H3,(H,24,25,26). The third-order valence-electron chi connectivity index (χ3n) is 5.24. The van der Waals surface area contributed by atoms with E-state index >= 15 is 0 Å². The molecule has 0 aliphatic carbocycles. The number of rotatable bonds is 9. The normalized spacial score (nSPS) is 14.5. The highest BCUT2D eigenvalue weighted by Crippen LogP contribution is 2.26. The van der Waals surface area contributed by atoms with Gasteiger partial charge in [0, 0.05) is 44.1 Å². The van der Waals surface area contributed by atoms with Gasteiger partial charge in [0.2, 0.25) is 5.88 Å². The lowest BCUT2D eigenvalue weighted by atomic mass is 10.1. The Morgan fingerprint density at radius 3 is 2.55 bits per heavy atom. The zero-order chi connectivity index (χ0) is 23.8. The summed E-state index contributed by atoms with van der Waals surface area (Å²) in [4.78, 5) is 22.4. The molecular weight excluding hydrogens is 446 g/mol. The number of anilines is 2. The minimum Gasteiger partial charge on any atom is -0.474 e. The van der Waals surface area contributed by atoms with Crippen molar-refractivity contribution in [3.05, 3.63) is 36.2 Å². The Balaban J connectivity index is 1.63. The van der Waals surface area contributed by atoms with E-state index in [0.29, 0.717) is 49.6 Å². The number of carbonyl (C=O) groups excluding carboxylic acids is 1. The van der Waals surface area contributed by atoms with Crippen LogP contribution in [0, 0.1) is 5.41 Å². The van der Waals surface area contributed by atoms with E-state index in [0.717, 1.165) is 25.3 Å². The maximum atomic E-state index is 12.1. The highest BCUT2D eigenvalue weighted by molar-refractivity contribution is 7.90. The molecule has 0 unspecified atom stereocenters. The van der Waals surface area contributed by atoms with E-state index in [1.54, 1.807) is 17.0 Å².